The third-order valence-electron chi connectivity index (χ3n) is 2.74. The molecule has 0 aliphatic heterocycles. The Morgan fingerprint density at radius 1 is 1.07 bits per heavy atom. The van der Waals surface area contributed by atoms with Gasteiger partial charge in [0.25, 0.3) is 0 Å². The van der Waals surface area contributed by atoms with Crippen molar-refractivity contribution in [1.29, 1.82) is 0 Å². The van der Waals surface area contributed by atoms with Crippen LogP contribution in [0.25, 0.3) is 0 Å². The lowest BCUT2D eigenvalue weighted by Crippen LogP contribution is -2.47. The van der Waals surface area contributed by atoms with Gasteiger partial charge in [0, 0.05) is 13.2 Å². The summed E-state index contributed by atoms with van der Waals surface area (Å²) in [5, 5.41) is 0. The van der Waals surface area contributed by atoms with Crippen LogP contribution in [0.15, 0.2) is 0 Å². The number of alkyl halides is 1. The molecule has 0 radical (unpaired) electrons. The molecule has 0 aromatic carbocycles. The van der Waals surface area contributed by atoms with Crippen LogP contribution in [0.2, 0.25) is 0 Å². The molecule has 0 atom stereocenters. The van der Waals surface area contributed by atoms with Crippen LogP contribution in [0.1, 0.15) is 46.0 Å². The van der Waals surface area contributed by atoms with Crippen LogP contribution in [-0.4, -0.2) is 27.0 Å². The van der Waals surface area contributed by atoms with Gasteiger partial charge in [-0.05, 0) is 26.7 Å². The van der Waals surface area contributed by atoms with E-state index in [2.05, 4.69) is 0 Å². The lowest BCUT2D eigenvalue weighted by Gasteiger charge is -2.35. The van der Waals surface area contributed by atoms with Crippen molar-refractivity contribution in [1.82, 2.24) is 0 Å². The maximum Gasteiger partial charge on any atom is 0.343 e. The Balaban J connectivity index is 2.53. The Morgan fingerprint density at radius 3 is 2.00 bits per heavy atom. The number of hydrogen-bond donors (Lipinski definition) is 0. The summed E-state index contributed by atoms with van der Waals surface area (Å²) in [5.74, 6) is 0. The van der Waals surface area contributed by atoms with E-state index in [-0.39, 0.29) is 4.50 Å². The Morgan fingerprint density at radius 2 is 1.57 bits per heavy atom. The summed E-state index contributed by atoms with van der Waals surface area (Å²) in [6.07, 6.45) is 5.92. The lowest BCUT2D eigenvalue weighted by molar-refractivity contribution is 0.190. The molecule has 0 N–H and O–H groups in total. The Labute approximate surface area is 93.8 Å². The number of rotatable bonds is 5. The van der Waals surface area contributed by atoms with Gasteiger partial charge in [-0.1, -0.05) is 19.3 Å². The van der Waals surface area contributed by atoms with E-state index in [0.29, 0.717) is 0 Å². The summed E-state index contributed by atoms with van der Waals surface area (Å²) in [4.78, 5) is 0. The van der Waals surface area contributed by atoms with Crippen molar-refractivity contribution in [3.63, 3.8) is 0 Å². The van der Waals surface area contributed by atoms with Crippen molar-refractivity contribution in [2.45, 2.75) is 50.4 Å². The topological polar surface area (TPSA) is 18.5 Å². The third-order valence-corrected chi connectivity index (χ3v) is 6.35. The first-order valence-corrected chi connectivity index (χ1v) is 7.55. The fraction of sp³-hybridized carbons (Fsp3) is 1.00. The van der Waals surface area contributed by atoms with E-state index in [9.17, 15) is 0 Å². The van der Waals surface area contributed by atoms with Gasteiger partial charge in [-0.15, -0.1) is 11.6 Å². The fourth-order valence-electron chi connectivity index (χ4n) is 2.02. The molecular weight excluding hydrogens is 216 g/mol. The largest absolute Gasteiger partial charge is 0.396 e. The first kappa shape index (κ1) is 12.5. The van der Waals surface area contributed by atoms with Crippen LogP contribution in [0.3, 0.4) is 0 Å². The van der Waals surface area contributed by atoms with Crippen molar-refractivity contribution in [2.24, 2.45) is 0 Å². The van der Waals surface area contributed by atoms with Crippen LogP contribution in [0, 0.1) is 0 Å². The van der Waals surface area contributed by atoms with Gasteiger partial charge in [0.1, 0.15) is 0 Å². The van der Waals surface area contributed by atoms with Crippen molar-refractivity contribution in [3.05, 3.63) is 0 Å². The second-order valence-corrected chi connectivity index (χ2v) is 7.39. The summed E-state index contributed by atoms with van der Waals surface area (Å²) in [6.45, 7) is 5.49. The average Bonchev–Trinajstić information content (AvgIpc) is 2.19. The second-order valence-electron chi connectivity index (χ2n) is 3.84. The number of hydrogen-bond acceptors (Lipinski definition) is 2. The predicted octanol–water partition coefficient (Wildman–Crippen LogP) is 2.76. The van der Waals surface area contributed by atoms with Gasteiger partial charge in [-0.3, -0.25) is 0 Å². The van der Waals surface area contributed by atoms with Crippen molar-refractivity contribution < 1.29 is 8.85 Å². The van der Waals surface area contributed by atoms with E-state index in [4.69, 9.17) is 20.5 Å². The maximum atomic E-state index is 6.61. The quantitative estimate of drug-likeness (QED) is 0.540. The smallest absolute Gasteiger partial charge is 0.343 e. The van der Waals surface area contributed by atoms with E-state index in [1.165, 1.54) is 19.3 Å². The minimum Gasteiger partial charge on any atom is -0.396 e. The highest BCUT2D eigenvalue weighted by Gasteiger charge is 2.42. The molecular formula is C10H21ClO2Si. The van der Waals surface area contributed by atoms with Gasteiger partial charge in [-0.2, -0.15) is 0 Å². The van der Waals surface area contributed by atoms with E-state index in [1.807, 2.05) is 13.8 Å². The molecule has 14 heavy (non-hydrogen) atoms. The SMILES string of the molecule is CCO[SiH](OCC)C1(Cl)CCCCC1. The number of halogens is 1. The Kier molecular flexibility index (Phi) is 5.45. The minimum absolute atomic E-state index is 0.135. The molecule has 0 unspecified atom stereocenters. The van der Waals surface area contributed by atoms with Crippen molar-refractivity contribution in [3.8, 4) is 0 Å². The van der Waals surface area contributed by atoms with Crippen LogP contribution in [0.4, 0.5) is 0 Å². The van der Waals surface area contributed by atoms with Crippen molar-refractivity contribution >= 4 is 20.9 Å². The van der Waals surface area contributed by atoms with Gasteiger partial charge < -0.3 is 8.85 Å². The molecule has 1 aliphatic carbocycles. The van der Waals surface area contributed by atoms with E-state index in [1.54, 1.807) is 0 Å². The molecule has 1 fully saturated rings. The first-order valence-electron chi connectivity index (χ1n) is 5.65. The standard InChI is InChI=1S/C10H21ClO2Si/c1-3-12-14(13-4-2)10(11)8-6-5-7-9-10/h14H,3-9H2,1-2H3. The van der Waals surface area contributed by atoms with E-state index < -0.39 is 9.28 Å². The molecule has 0 aromatic heterocycles. The van der Waals surface area contributed by atoms with Crippen LogP contribution in [0.5, 0.6) is 0 Å². The summed E-state index contributed by atoms with van der Waals surface area (Å²) < 4.78 is 11.3. The monoisotopic (exact) mass is 236 g/mol. The van der Waals surface area contributed by atoms with Crippen LogP contribution < -0.4 is 0 Å². The molecule has 1 rings (SSSR count). The molecule has 1 aliphatic rings. The zero-order valence-electron chi connectivity index (χ0n) is 9.22. The highest BCUT2D eigenvalue weighted by Crippen LogP contribution is 2.36. The van der Waals surface area contributed by atoms with Gasteiger partial charge in [0.15, 0.2) is 0 Å². The molecule has 0 aromatic rings. The highest BCUT2D eigenvalue weighted by atomic mass is 35.5. The van der Waals surface area contributed by atoms with E-state index >= 15 is 0 Å². The highest BCUT2D eigenvalue weighted by molar-refractivity contribution is 6.62. The second kappa shape index (κ2) is 6.11. The lowest BCUT2D eigenvalue weighted by atomic mass is 10.00. The molecule has 84 valence electrons. The molecule has 2 nitrogen and oxygen atoms in total. The molecule has 0 spiro atoms. The third kappa shape index (κ3) is 3.23. The zero-order chi connectivity index (χ0) is 10.4. The Bertz CT molecular complexity index is 154. The van der Waals surface area contributed by atoms with Crippen LogP contribution >= 0.6 is 11.6 Å². The molecule has 0 amide bonds. The summed E-state index contributed by atoms with van der Waals surface area (Å²) in [5.41, 5.74) is 0. The average molecular weight is 237 g/mol. The molecule has 0 saturated heterocycles. The molecule has 0 bridgehead atoms. The predicted molar refractivity (Wildman–Crippen MR) is 62.1 cm³/mol. The molecule has 1 saturated carbocycles. The summed E-state index contributed by atoms with van der Waals surface area (Å²) in [7, 11) is -1.66. The summed E-state index contributed by atoms with van der Waals surface area (Å²) in [6, 6.07) is 0. The van der Waals surface area contributed by atoms with Gasteiger partial charge in [0.2, 0.25) is 0 Å². The minimum atomic E-state index is -1.66. The normalized spacial score (nSPS) is 21.4. The summed E-state index contributed by atoms with van der Waals surface area (Å²) >= 11 is 6.61. The van der Waals surface area contributed by atoms with Crippen molar-refractivity contribution in [2.75, 3.05) is 13.2 Å². The van der Waals surface area contributed by atoms with Gasteiger partial charge in [0.05, 0.1) is 4.50 Å². The first-order chi connectivity index (χ1) is 6.73. The molecule has 0 heterocycles. The fourth-order valence-corrected chi connectivity index (χ4v) is 4.85. The van der Waals surface area contributed by atoms with Crippen LogP contribution in [-0.2, 0) is 8.85 Å². The van der Waals surface area contributed by atoms with Gasteiger partial charge in [-0.25, -0.2) is 0 Å². The van der Waals surface area contributed by atoms with E-state index in [0.717, 1.165) is 26.1 Å². The Hall–Kier alpha value is 0.427. The van der Waals surface area contributed by atoms with Gasteiger partial charge >= 0.3 is 9.28 Å². The maximum absolute atomic E-state index is 6.61. The zero-order valence-corrected chi connectivity index (χ0v) is 11.1. The molecule has 4 heteroatoms.